The summed E-state index contributed by atoms with van der Waals surface area (Å²) < 4.78 is 12.5. The monoisotopic (exact) mass is 734 g/mol. The van der Waals surface area contributed by atoms with Gasteiger partial charge in [-0.3, -0.25) is 24.0 Å². The molecule has 3 saturated carbocycles. The van der Waals surface area contributed by atoms with E-state index in [1.165, 1.54) is 11.3 Å². The third kappa shape index (κ3) is 11.8. The molecule has 296 valence electrons. The largest absolute Gasteiger partial charge is 0.375 e. The average molecular weight is 734 g/mol. The summed E-state index contributed by atoms with van der Waals surface area (Å²) in [5.74, 6) is -2.49. The standard InChI is InChI=1S/C38H67N7O7/c1-5-12-31-36(48)44-33(26-15-10-7-11-16-26)37(49)42-29(20-39)34(46)43-30(22-51-28-18-27(40)19-28)35(47)41-23(2)21-52-32(24(3)38(50)45(31)4)17-25-13-8-6-9-14-25/h23-33H,5-22,39-40H2,1-4H3,(H,41,47)(H,42,49)(H,43,46)(H,44,48)/t23-,24-,27-,28-,29+,30+,31+,32-,33+/m1/s1. The van der Waals surface area contributed by atoms with Crippen LogP contribution in [0.3, 0.4) is 0 Å². The third-order valence-corrected chi connectivity index (χ3v) is 11.7. The van der Waals surface area contributed by atoms with E-state index in [0.717, 1.165) is 57.8 Å². The first kappa shape index (κ1) is 41.9. The highest BCUT2D eigenvalue weighted by Gasteiger charge is 2.39. The van der Waals surface area contributed by atoms with E-state index in [4.69, 9.17) is 20.9 Å². The third-order valence-electron chi connectivity index (χ3n) is 11.7. The van der Waals surface area contributed by atoms with E-state index in [2.05, 4.69) is 21.3 Å². The number of rotatable bonds is 9. The number of nitrogens with zero attached hydrogens (tertiary/aromatic N) is 1. The predicted octanol–water partition coefficient (Wildman–Crippen LogP) is 1.62. The maximum atomic E-state index is 14.2. The molecule has 4 rings (SSSR count). The van der Waals surface area contributed by atoms with Crippen LogP contribution in [0.2, 0.25) is 0 Å². The van der Waals surface area contributed by atoms with Gasteiger partial charge in [-0.1, -0.05) is 71.6 Å². The Morgan fingerprint density at radius 2 is 1.42 bits per heavy atom. The normalized spacial score (nSPS) is 34.5. The van der Waals surface area contributed by atoms with Gasteiger partial charge in [0.15, 0.2) is 0 Å². The smallest absolute Gasteiger partial charge is 0.245 e. The van der Waals surface area contributed by atoms with E-state index < -0.39 is 65.9 Å². The van der Waals surface area contributed by atoms with Crippen molar-refractivity contribution in [2.24, 2.45) is 29.2 Å². The zero-order valence-corrected chi connectivity index (χ0v) is 32.0. The summed E-state index contributed by atoms with van der Waals surface area (Å²) in [5, 5.41) is 11.5. The molecular formula is C38H67N7O7. The van der Waals surface area contributed by atoms with Gasteiger partial charge in [0, 0.05) is 25.7 Å². The fourth-order valence-corrected chi connectivity index (χ4v) is 8.27. The van der Waals surface area contributed by atoms with Crippen LogP contribution in [-0.4, -0.2) is 110 Å². The van der Waals surface area contributed by atoms with Crippen LogP contribution < -0.4 is 32.7 Å². The minimum Gasteiger partial charge on any atom is -0.375 e. The molecule has 0 spiro atoms. The van der Waals surface area contributed by atoms with Crippen molar-refractivity contribution in [3.63, 3.8) is 0 Å². The van der Waals surface area contributed by atoms with Crippen LogP contribution in [0.4, 0.5) is 0 Å². The van der Waals surface area contributed by atoms with Crippen LogP contribution in [0.15, 0.2) is 0 Å². The molecule has 0 unspecified atom stereocenters. The van der Waals surface area contributed by atoms with Crippen molar-refractivity contribution in [2.75, 3.05) is 26.8 Å². The number of hydrogen-bond donors (Lipinski definition) is 6. The summed E-state index contributed by atoms with van der Waals surface area (Å²) in [4.78, 5) is 71.2. The van der Waals surface area contributed by atoms with E-state index in [-0.39, 0.29) is 43.7 Å². The highest BCUT2D eigenvalue weighted by atomic mass is 16.5. The number of hydrogen-bond acceptors (Lipinski definition) is 9. The van der Waals surface area contributed by atoms with Crippen molar-refractivity contribution in [3.8, 4) is 0 Å². The molecule has 1 heterocycles. The Balaban J connectivity index is 1.65. The van der Waals surface area contributed by atoms with Crippen molar-refractivity contribution in [3.05, 3.63) is 0 Å². The average Bonchev–Trinajstić information content (AvgIpc) is 3.13. The second kappa shape index (κ2) is 20.6. The molecule has 7 atom stereocenters. The van der Waals surface area contributed by atoms with Gasteiger partial charge < -0.3 is 47.1 Å². The van der Waals surface area contributed by atoms with Gasteiger partial charge in [-0.15, -0.1) is 0 Å². The van der Waals surface area contributed by atoms with Gasteiger partial charge in [0.2, 0.25) is 29.5 Å². The van der Waals surface area contributed by atoms with Crippen LogP contribution in [0.5, 0.6) is 0 Å². The minimum absolute atomic E-state index is 0.0439. The van der Waals surface area contributed by atoms with Crippen molar-refractivity contribution >= 4 is 29.5 Å². The maximum Gasteiger partial charge on any atom is 0.245 e. The highest BCUT2D eigenvalue weighted by molar-refractivity contribution is 5.96. The first-order valence-electron chi connectivity index (χ1n) is 20.1. The van der Waals surface area contributed by atoms with Gasteiger partial charge in [0.1, 0.15) is 24.2 Å². The van der Waals surface area contributed by atoms with Crippen LogP contribution in [0.25, 0.3) is 0 Å². The SMILES string of the molecule is CCC[C@H]1C(=O)N[C@@H](C2CCCCC2)C(=O)N[C@@H](CN)C(=O)N[C@@H](CO[C@H]2C[C@H](N)C2)C(=O)N[C@H](C)CO[C@H](CC2CCCCC2)[C@@H](C)C(=O)N1C. The Labute approximate surface area is 310 Å². The molecule has 14 nitrogen and oxygen atoms in total. The van der Waals surface area contributed by atoms with Crippen molar-refractivity contribution < 1.29 is 33.4 Å². The predicted molar refractivity (Wildman–Crippen MR) is 198 cm³/mol. The molecule has 4 fully saturated rings. The maximum absolute atomic E-state index is 14.2. The lowest BCUT2D eigenvalue weighted by atomic mass is 9.82. The van der Waals surface area contributed by atoms with Gasteiger partial charge in [-0.05, 0) is 57.3 Å². The van der Waals surface area contributed by atoms with Crippen molar-refractivity contribution in [1.82, 2.24) is 26.2 Å². The Morgan fingerprint density at radius 1 is 0.808 bits per heavy atom. The van der Waals surface area contributed by atoms with E-state index in [0.29, 0.717) is 38.0 Å². The van der Waals surface area contributed by atoms with Crippen molar-refractivity contribution in [1.29, 1.82) is 0 Å². The van der Waals surface area contributed by atoms with E-state index in [1.54, 1.807) is 7.05 Å². The second-order valence-corrected chi connectivity index (χ2v) is 16.0. The molecule has 0 bridgehead atoms. The van der Waals surface area contributed by atoms with Gasteiger partial charge >= 0.3 is 0 Å². The molecule has 5 amide bonds. The number of amides is 5. The van der Waals surface area contributed by atoms with E-state index in [9.17, 15) is 24.0 Å². The number of carbonyl (C=O) groups excluding carboxylic acids is 5. The number of likely N-dealkylation sites (N-methyl/N-ethyl adjacent to an activating group) is 1. The summed E-state index contributed by atoms with van der Waals surface area (Å²) in [7, 11) is 1.66. The van der Waals surface area contributed by atoms with Crippen LogP contribution in [0, 0.1) is 17.8 Å². The molecule has 3 aliphatic carbocycles. The molecular weight excluding hydrogens is 666 g/mol. The van der Waals surface area contributed by atoms with E-state index >= 15 is 0 Å². The number of nitrogens with one attached hydrogen (secondary N) is 4. The van der Waals surface area contributed by atoms with Crippen LogP contribution in [0.1, 0.15) is 117 Å². The summed E-state index contributed by atoms with van der Waals surface area (Å²) in [6, 6.07) is -4.37. The highest BCUT2D eigenvalue weighted by Crippen LogP contribution is 2.31. The molecule has 52 heavy (non-hydrogen) atoms. The second-order valence-electron chi connectivity index (χ2n) is 16.0. The summed E-state index contributed by atoms with van der Waals surface area (Å²) in [6.45, 7) is 5.47. The zero-order chi connectivity index (χ0) is 37.8. The molecule has 8 N–H and O–H groups in total. The number of nitrogens with two attached hydrogens (primary N) is 2. The molecule has 4 aliphatic rings. The Kier molecular flexibility index (Phi) is 16.6. The summed E-state index contributed by atoms with van der Waals surface area (Å²) in [6.07, 6.45) is 12.6. The van der Waals surface area contributed by atoms with Crippen LogP contribution in [-0.2, 0) is 33.4 Å². The molecule has 1 saturated heterocycles. The van der Waals surface area contributed by atoms with Gasteiger partial charge in [0.25, 0.3) is 0 Å². The van der Waals surface area contributed by atoms with Crippen LogP contribution >= 0.6 is 0 Å². The summed E-state index contributed by atoms with van der Waals surface area (Å²) in [5.41, 5.74) is 12.0. The molecule has 0 aromatic heterocycles. The van der Waals surface area contributed by atoms with Gasteiger partial charge in [-0.25, -0.2) is 0 Å². The number of carbonyl (C=O) groups is 5. The van der Waals surface area contributed by atoms with Gasteiger partial charge in [0.05, 0.1) is 31.3 Å². The molecule has 14 heteroatoms. The molecule has 0 aromatic carbocycles. The Hall–Kier alpha value is -2.81. The minimum atomic E-state index is -1.16. The zero-order valence-electron chi connectivity index (χ0n) is 32.0. The Morgan fingerprint density at radius 3 is 2.04 bits per heavy atom. The lowest BCUT2D eigenvalue weighted by Crippen LogP contribution is -2.62. The van der Waals surface area contributed by atoms with E-state index in [1.807, 2.05) is 20.8 Å². The molecule has 0 radical (unpaired) electrons. The quantitative estimate of drug-likeness (QED) is 0.203. The topological polar surface area (TPSA) is 207 Å². The lowest BCUT2D eigenvalue weighted by molar-refractivity contribution is -0.147. The van der Waals surface area contributed by atoms with Gasteiger partial charge in [-0.2, -0.15) is 0 Å². The Bertz CT molecular complexity index is 1190. The van der Waals surface area contributed by atoms with Crippen molar-refractivity contribution in [2.45, 2.75) is 166 Å². The fourth-order valence-electron chi connectivity index (χ4n) is 8.27. The first-order valence-corrected chi connectivity index (χ1v) is 20.1. The fraction of sp³-hybridized carbons (Fsp3) is 0.868. The molecule has 0 aromatic rings. The number of ether oxygens (including phenoxy) is 2. The summed E-state index contributed by atoms with van der Waals surface area (Å²) >= 11 is 0. The first-order chi connectivity index (χ1) is 24.9. The molecule has 1 aliphatic heterocycles. The lowest BCUT2D eigenvalue weighted by Gasteiger charge is -2.36.